The number of amides is 1. The van der Waals surface area contributed by atoms with E-state index < -0.39 is 12.0 Å². The van der Waals surface area contributed by atoms with Gasteiger partial charge in [-0.15, -0.1) is 0 Å². The highest BCUT2D eigenvalue weighted by Gasteiger charge is 2.24. The number of ether oxygens (including phenoxy) is 3. The maximum Gasteiger partial charge on any atom is 0.328 e. The molecule has 0 aromatic heterocycles. The molecule has 24 heavy (non-hydrogen) atoms. The van der Waals surface area contributed by atoms with E-state index in [4.69, 9.17) is 14.2 Å². The first-order valence-electron chi connectivity index (χ1n) is 7.80. The summed E-state index contributed by atoms with van der Waals surface area (Å²) in [6.07, 6.45) is 2.98. The van der Waals surface area contributed by atoms with Crippen LogP contribution in [0.1, 0.15) is 26.3 Å². The Labute approximate surface area is 142 Å². The summed E-state index contributed by atoms with van der Waals surface area (Å²) in [4.78, 5) is 24.0. The van der Waals surface area contributed by atoms with E-state index in [1.54, 1.807) is 45.4 Å². The minimum atomic E-state index is -0.681. The first-order chi connectivity index (χ1) is 11.4. The number of esters is 1. The summed E-state index contributed by atoms with van der Waals surface area (Å²) in [5.41, 5.74) is 0.727. The Hall–Kier alpha value is -2.50. The van der Waals surface area contributed by atoms with Gasteiger partial charge in [0.15, 0.2) is 0 Å². The van der Waals surface area contributed by atoms with Gasteiger partial charge in [0.1, 0.15) is 17.5 Å². The van der Waals surface area contributed by atoms with Gasteiger partial charge in [0, 0.05) is 17.7 Å². The SMILES string of the molecule is CCOC(=O)[C@@H](NC(=O)/C=C/c1ccc(OC)cc1OC)C(C)C. The van der Waals surface area contributed by atoms with Crippen LogP contribution in [-0.2, 0) is 14.3 Å². The first-order valence-corrected chi connectivity index (χ1v) is 7.80. The summed E-state index contributed by atoms with van der Waals surface area (Å²) < 4.78 is 15.4. The topological polar surface area (TPSA) is 73.9 Å². The monoisotopic (exact) mass is 335 g/mol. The predicted molar refractivity (Wildman–Crippen MR) is 92.0 cm³/mol. The molecular formula is C18H25NO5. The van der Waals surface area contributed by atoms with E-state index in [1.807, 2.05) is 13.8 Å². The molecule has 0 unspecified atom stereocenters. The molecule has 0 spiro atoms. The van der Waals surface area contributed by atoms with Crippen molar-refractivity contribution in [3.05, 3.63) is 29.8 Å². The van der Waals surface area contributed by atoms with Crippen molar-refractivity contribution < 1.29 is 23.8 Å². The highest BCUT2D eigenvalue weighted by molar-refractivity contribution is 5.95. The van der Waals surface area contributed by atoms with Crippen molar-refractivity contribution in [1.29, 1.82) is 0 Å². The molecule has 1 aromatic carbocycles. The molecule has 6 heteroatoms. The van der Waals surface area contributed by atoms with E-state index >= 15 is 0 Å². The second-order valence-electron chi connectivity index (χ2n) is 5.42. The molecule has 1 aromatic rings. The molecule has 1 amide bonds. The fourth-order valence-corrected chi connectivity index (χ4v) is 2.05. The predicted octanol–water partition coefficient (Wildman–Crippen LogP) is 2.42. The molecule has 0 bridgehead atoms. The van der Waals surface area contributed by atoms with Crippen molar-refractivity contribution in [3.8, 4) is 11.5 Å². The van der Waals surface area contributed by atoms with Crippen molar-refractivity contribution in [2.45, 2.75) is 26.8 Å². The van der Waals surface area contributed by atoms with Crippen molar-refractivity contribution in [1.82, 2.24) is 5.32 Å². The van der Waals surface area contributed by atoms with Gasteiger partial charge >= 0.3 is 5.97 Å². The van der Waals surface area contributed by atoms with Gasteiger partial charge in [0.2, 0.25) is 5.91 Å². The van der Waals surface area contributed by atoms with Gasteiger partial charge in [-0.3, -0.25) is 4.79 Å². The van der Waals surface area contributed by atoms with Crippen LogP contribution in [0.4, 0.5) is 0 Å². The van der Waals surface area contributed by atoms with E-state index in [0.717, 1.165) is 5.56 Å². The van der Waals surface area contributed by atoms with E-state index in [0.29, 0.717) is 11.5 Å². The summed E-state index contributed by atoms with van der Waals surface area (Å²) in [7, 11) is 3.11. The lowest BCUT2D eigenvalue weighted by Gasteiger charge is -2.19. The van der Waals surface area contributed by atoms with Crippen LogP contribution in [0, 0.1) is 5.92 Å². The fourth-order valence-electron chi connectivity index (χ4n) is 2.05. The van der Waals surface area contributed by atoms with Crippen LogP contribution in [0.25, 0.3) is 6.08 Å². The average Bonchev–Trinajstić information content (AvgIpc) is 2.57. The van der Waals surface area contributed by atoms with E-state index in [1.165, 1.54) is 6.08 Å². The lowest BCUT2D eigenvalue weighted by Crippen LogP contribution is -2.44. The number of hydrogen-bond acceptors (Lipinski definition) is 5. The Bertz CT molecular complexity index is 595. The molecule has 0 saturated heterocycles. The van der Waals surface area contributed by atoms with Crippen LogP contribution in [0.5, 0.6) is 11.5 Å². The van der Waals surface area contributed by atoms with Crippen molar-refractivity contribution >= 4 is 18.0 Å². The molecule has 0 radical (unpaired) electrons. The number of carbonyl (C=O) groups is 2. The summed E-state index contributed by atoms with van der Waals surface area (Å²) in [6, 6.07) is 4.61. The third-order valence-electron chi connectivity index (χ3n) is 3.36. The van der Waals surface area contributed by atoms with Crippen LogP contribution in [0.3, 0.4) is 0 Å². The normalized spacial score (nSPS) is 12.1. The van der Waals surface area contributed by atoms with Gasteiger partial charge in [-0.2, -0.15) is 0 Å². The lowest BCUT2D eigenvalue weighted by molar-refractivity contribution is -0.148. The number of hydrogen-bond donors (Lipinski definition) is 1. The van der Waals surface area contributed by atoms with Crippen LogP contribution < -0.4 is 14.8 Å². The van der Waals surface area contributed by atoms with Gasteiger partial charge in [-0.25, -0.2) is 4.79 Å². The minimum absolute atomic E-state index is 0.0723. The fraction of sp³-hybridized carbons (Fsp3) is 0.444. The summed E-state index contributed by atoms with van der Waals surface area (Å²) in [6.45, 7) is 5.69. The van der Waals surface area contributed by atoms with Gasteiger partial charge in [-0.05, 0) is 31.1 Å². The first kappa shape index (κ1) is 19.5. The van der Waals surface area contributed by atoms with Crippen LogP contribution in [0.15, 0.2) is 24.3 Å². The minimum Gasteiger partial charge on any atom is -0.497 e. The molecule has 0 aliphatic heterocycles. The maximum absolute atomic E-state index is 12.1. The summed E-state index contributed by atoms with van der Waals surface area (Å²) in [5.74, 6) is 0.368. The lowest BCUT2D eigenvalue weighted by atomic mass is 10.0. The molecule has 132 valence electrons. The highest BCUT2D eigenvalue weighted by atomic mass is 16.5. The Morgan fingerprint density at radius 2 is 1.92 bits per heavy atom. The highest BCUT2D eigenvalue weighted by Crippen LogP contribution is 2.25. The van der Waals surface area contributed by atoms with E-state index in [-0.39, 0.29) is 18.4 Å². The molecule has 6 nitrogen and oxygen atoms in total. The number of nitrogens with one attached hydrogen (secondary N) is 1. The third kappa shape index (κ3) is 5.61. The van der Waals surface area contributed by atoms with Crippen LogP contribution in [0.2, 0.25) is 0 Å². The zero-order chi connectivity index (χ0) is 18.1. The Morgan fingerprint density at radius 3 is 2.46 bits per heavy atom. The summed E-state index contributed by atoms with van der Waals surface area (Å²) in [5, 5.41) is 2.67. The van der Waals surface area contributed by atoms with Crippen molar-refractivity contribution in [2.24, 2.45) is 5.92 Å². The van der Waals surface area contributed by atoms with Crippen molar-refractivity contribution in [3.63, 3.8) is 0 Å². The standard InChI is InChI=1S/C18H25NO5/c1-6-24-18(21)17(12(2)3)19-16(20)10-8-13-7-9-14(22-4)11-15(13)23-5/h7-12,17H,6H2,1-5H3,(H,19,20)/b10-8+/t17-/m0/s1. The number of methoxy groups -OCH3 is 2. The zero-order valence-corrected chi connectivity index (χ0v) is 14.8. The molecule has 1 atom stereocenters. The molecule has 1 rings (SSSR count). The molecule has 0 heterocycles. The smallest absolute Gasteiger partial charge is 0.328 e. The molecule has 0 aliphatic rings. The van der Waals surface area contributed by atoms with Crippen molar-refractivity contribution in [2.75, 3.05) is 20.8 Å². The molecule has 0 aliphatic carbocycles. The van der Waals surface area contributed by atoms with E-state index in [2.05, 4.69) is 5.32 Å². The van der Waals surface area contributed by atoms with Gasteiger partial charge in [0.05, 0.1) is 20.8 Å². The average molecular weight is 335 g/mol. The number of rotatable bonds is 8. The van der Waals surface area contributed by atoms with Crippen LogP contribution >= 0.6 is 0 Å². The molecular weight excluding hydrogens is 310 g/mol. The Morgan fingerprint density at radius 1 is 1.21 bits per heavy atom. The van der Waals surface area contributed by atoms with E-state index in [9.17, 15) is 9.59 Å². The van der Waals surface area contributed by atoms with Gasteiger partial charge in [-0.1, -0.05) is 13.8 Å². The zero-order valence-electron chi connectivity index (χ0n) is 14.8. The Balaban J connectivity index is 2.82. The number of carbonyl (C=O) groups excluding carboxylic acids is 2. The third-order valence-corrected chi connectivity index (χ3v) is 3.36. The van der Waals surface area contributed by atoms with Gasteiger partial charge < -0.3 is 19.5 Å². The number of benzene rings is 1. The molecule has 0 fully saturated rings. The summed E-state index contributed by atoms with van der Waals surface area (Å²) >= 11 is 0. The second-order valence-corrected chi connectivity index (χ2v) is 5.42. The molecule has 0 saturated carbocycles. The second kappa shape index (κ2) is 9.60. The largest absolute Gasteiger partial charge is 0.497 e. The quantitative estimate of drug-likeness (QED) is 0.583. The molecule has 1 N–H and O–H groups in total. The Kier molecular flexibility index (Phi) is 7.82. The maximum atomic E-state index is 12.1. The van der Waals surface area contributed by atoms with Crippen LogP contribution in [-0.4, -0.2) is 38.7 Å². The van der Waals surface area contributed by atoms with Gasteiger partial charge in [0.25, 0.3) is 0 Å².